The van der Waals surface area contributed by atoms with E-state index in [1.54, 1.807) is 4.90 Å². The molecule has 2 bridgehead atoms. The minimum absolute atomic E-state index is 0.0135. The maximum atomic E-state index is 13.0. The van der Waals surface area contributed by atoms with E-state index in [-0.39, 0.29) is 24.3 Å². The maximum Gasteiger partial charge on any atom is 0.416 e. The second kappa shape index (κ2) is 4.68. The third-order valence-electron chi connectivity index (χ3n) is 5.53. The lowest BCUT2D eigenvalue weighted by molar-refractivity contribution is -0.163. The summed E-state index contributed by atoms with van der Waals surface area (Å²) in [4.78, 5) is 40.2. The van der Waals surface area contributed by atoms with Crippen LogP contribution < -0.4 is 0 Å². The SMILES string of the molecule is CC[C@@H]1[C@H]2O[C@@]3(CCCCN3C2=O)[C@H]1C(=O)N1CCOC1=O. The second-order valence-electron chi connectivity index (χ2n) is 6.48. The van der Waals surface area contributed by atoms with Gasteiger partial charge >= 0.3 is 6.09 Å². The average molecular weight is 308 g/mol. The van der Waals surface area contributed by atoms with Gasteiger partial charge in [0.05, 0.1) is 12.5 Å². The summed E-state index contributed by atoms with van der Waals surface area (Å²) >= 11 is 0. The molecule has 0 unspecified atom stereocenters. The standard InChI is InChI=1S/C15H20N2O5/c1-2-9-10(12(18)16-7-8-21-14(16)20)15-5-3-4-6-17(15)13(19)11(9)22-15/h9-11H,2-8H2,1H3/t9-,10+,11+,15-/m0/s1. The Bertz CT molecular complexity index is 550. The number of piperidine rings is 2. The number of carbonyl (C=O) groups excluding carboxylic acids is 3. The van der Waals surface area contributed by atoms with E-state index in [1.807, 2.05) is 6.92 Å². The Morgan fingerprint density at radius 2 is 2.14 bits per heavy atom. The summed E-state index contributed by atoms with van der Waals surface area (Å²) in [5, 5.41) is 0. The molecule has 3 amide bonds. The van der Waals surface area contributed by atoms with Crippen LogP contribution in [0.4, 0.5) is 4.79 Å². The fraction of sp³-hybridized carbons (Fsp3) is 0.800. The van der Waals surface area contributed by atoms with Crippen molar-refractivity contribution < 1.29 is 23.9 Å². The lowest BCUT2D eigenvalue weighted by atomic mass is 9.73. The predicted octanol–water partition coefficient (Wildman–Crippen LogP) is 0.729. The van der Waals surface area contributed by atoms with Crippen LogP contribution in [-0.4, -0.2) is 59.2 Å². The minimum Gasteiger partial charge on any atom is -0.447 e. The normalized spacial score (nSPS) is 40.1. The first kappa shape index (κ1) is 14.0. The van der Waals surface area contributed by atoms with Crippen molar-refractivity contribution in [3.63, 3.8) is 0 Å². The number of amides is 3. The van der Waals surface area contributed by atoms with Crippen molar-refractivity contribution in [3.05, 3.63) is 0 Å². The van der Waals surface area contributed by atoms with E-state index < -0.39 is 23.8 Å². The highest BCUT2D eigenvalue weighted by molar-refractivity contribution is 5.97. The molecule has 7 heteroatoms. The highest BCUT2D eigenvalue weighted by Gasteiger charge is 2.70. The van der Waals surface area contributed by atoms with Gasteiger partial charge in [0.2, 0.25) is 5.91 Å². The minimum atomic E-state index is -0.833. The Hall–Kier alpha value is -1.63. The van der Waals surface area contributed by atoms with Crippen LogP contribution in [0, 0.1) is 11.8 Å². The summed E-state index contributed by atoms with van der Waals surface area (Å²) in [7, 11) is 0. The third kappa shape index (κ3) is 1.57. The number of hydrogen-bond acceptors (Lipinski definition) is 5. The number of hydrogen-bond donors (Lipinski definition) is 0. The van der Waals surface area contributed by atoms with Gasteiger partial charge < -0.3 is 14.4 Å². The molecule has 1 spiro atoms. The van der Waals surface area contributed by atoms with Crippen LogP contribution in [0.15, 0.2) is 0 Å². The van der Waals surface area contributed by atoms with E-state index in [9.17, 15) is 14.4 Å². The number of rotatable bonds is 2. The zero-order valence-electron chi connectivity index (χ0n) is 12.6. The van der Waals surface area contributed by atoms with Crippen LogP contribution in [0.5, 0.6) is 0 Å². The Morgan fingerprint density at radius 3 is 2.82 bits per heavy atom. The van der Waals surface area contributed by atoms with Crippen LogP contribution in [0.25, 0.3) is 0 Å². The Labute approximate surface area is 128 Å². The number of ether oxygens (including phenoxy) is 2. The molecular formula is C15H20N2O5. The van der Waals surface area contributed by atoms with Gasteiger partial charge in [-0.05, 0) is 25.7 Å². The van der Waals surface area contributed by atoms with E-state index >= 15 is 0 Å². The van der Waals surface area contributed by atoms with Crippen molar-refractivity contribution in [2.24, 2.45) is 11.8 Å². The number of carbonyl (C=O) groups is 3. The van der Waals surface area contributed by atoms with Gasteiger partial charge in [-0.3, -0.25) is 9.59 Å². The first-order valence-electron chi connectivity index (χ1n) is 8.07. The molecule has 4 atom stereocenters. The first-order chi connectivity index (χ1) is 10.6. The number of fused-ring (bicyclic) bond motifs is 1. The van der Waals surface area contributed by atoms with E-state index in [0.29, 0.717) is 25.9 Å². The molecular weight excluding hydrogens is 288 g/mol. The van der Waals surface area contributed by atoms with Crippen molar-refractivity contribution in [1.29, 1.82) is 0 Å². The molecule has 4 fully saturated rings. The number of cyclic esters (lactones) is 1. The van der Waals surface area contributed by atoms with Crippen molar-refractivity contribution in [3.8, 4) is 0 Å². The summed E-state index contributed by atoms with van der Waals surface area (Å²) in [6.07, 6.45) is 2.12. The summed E-state index contributed by atoms with van der Waals surface area (Å²) in [6, 6.07) is 0. The second-order valence-corrected chi connectivity index (χ2v) is 6.48. The largest absolute Gasteiger partial charge is 0.447 e. The fourth-order valence-corrected chi connectivity index (χ4v) is 4.58. The highest BCUT2D eigenvalue weighted by atomic mass is 16.6. The van der Waals surface area contributed by atoms with E-state index in [2.05, 4.69) is 0 Å². The quantitative estimate of drug-likeness (QED) is 0.751. The molecule has 120 valence electrons. The van der Waals surface area contributed by atoms with Gasteiger partial charge in [0.1, 0.15) is 12.7 Å². The lowest BCUT2D eigenvalue weighted by Crippen LogP contribution is -2.62. The lowest BCUT2D eigenvalue weighted by Gasteiger charge is -2.46. The van der Waals surface area contributed by atoms with Crippen LogP contribution in [0.3, 0.4) is 0 Å². The summed E-state index contributed by atoms with van der Waals surface area (Å²) < 4.78 is 11.0. The smallest absolute Gasteiger partial charge is 0.416 e. The molecule has 4 saturated heterocycles. The Morgan fingerprint density at radius 1 is 1.32 bits per heavy atom. The van der Waals surface area contributed by atoms with Crippen molar-refractivity contribution in [2.75, 3.05) is 19.7 Å². The zero-order chi connectivity index (χ0) is 15.5. The molecule has 7 nitrogen and oxygen atoms in total. The van der Waals surface area contributed by atoms with Crippen molar-refractivity contribution in [2.45, 2.75) is 44.4 Å². The zero-order valence-corrected chi connectivity index (χ0v) is 12.6. The number of nitrogens with zero attached hydrogens (tertiary/aromatic N) is 2. The first-order valence-corrected chi connectivity index (χ1v) is 8.07. The van der Waals surface area contributed by atoms with Crippen LogP contribution in [0.1, 0.15) is 32.6 Å². The predicted molar refractivity (Wildman–Crippen MR) is 73.5 cm³/mol. The molecule has 0 aromatic carbocycles. The van der Waals surface area contributed by atoms with Gasteiger partial charge in [-0.1, -0.05) is 6.92 Å². The van der Waals surface area contributed by atoms with Crippen LogP contribution in [0.2, 0.25) is 0 Å². The molecule has 0 aliphatic carbocycles. The topological polar surface area (TPSA) is 76.2 Å². The van der Waals surface area contributed by atoms with E-state index in [4.69, 9.17) is 9.47 Å². The molecule has 4 aliphatic heterocycles. The fourth-order valence-electron chi connectivity index (χ4n) is 4.58. The van der Waals surface area contributed by atoms with E-state index in [1.165, 1.54) is 4.90 Å². The molecule has 0 aromatic rings. The molecule has 0 N–H and O–H groups in total. The number of imide groups is 1. The van der Waals surface area contributed by atoms with Gasteiger partial charge in [-0.25, -0.2) is 9.69 Å². The Balaban J connectivity index is 1.72. The van der Waals surface area contributed by atoms with Gasteiger partial charge in [0.15, 0.2) is 5.72 Å². The van der Waals surface area contributed by atoms with Gasteiger partial charge in [-0.15, -0.1) is 0 Å². The van der Waals surface area contributed by atoms with E-state index in [0.717, 1.165) is 12.8 Å². The molecule has 22 heavy (non-hydrogen) atoms. The monoisotopic (exact) mass is 308 g/mol. The van der Waals surface area contributed by atoms with Gasteiger partial charge in [0.25, 0.3) is 5.91 Å². The molecule has 4 rings (SSSR count). The summed E-state index contributed by atoms with van der Waals surface area (Å²) in [6.45, 7) is 3.14. The summed E-state index contributed by atoms with van der Waals surface area (Å²) in [5.41, 5.74) is -0.833. The van der Waals surface area contributed by atoms with Crippen molar-refractivity contribution >= 4 is 17.9 Å². The third-order valence-corrected chi connectivity index (χ3v) is 5.53. The van der Waals surface area contributed by atoms with Crippen LogP contribution >= 0.6 is 0 Å². The molecule has 0 saturated carbocycles. The maximum absolute atomic E-state index is 13.0. The molecule has 4 heterocycles. The highest BCUT2D eigenvalue weighted by Crippen LogP contribution is 2.55. The summed E-state index contributed by atoms with van der Waals surface area (Å²) in [5.74, 6) is -0.829. The van der Waals surface area contributed by atoms with Crippen molar-refractivity contribution in [1.82, 2.24) is 9.80 Å². The van der Waals surface area contributed by atoms with Gasteiger partial charge in [-0.2, -0.15) is 0 Å². The van der Waals surface area contributed by atoms with Crippen LogP contribution in [-0.2, 0) is 19.1 Å². The molecule has 0 radical (unpaired) electrons. The van der Waals surface area contributed by atoms with Gasteiger partial charge in [0, 0.05) is 12.5 Å². The molecule has 0 aromatic heterocycles. The molecule has 4 aliphatic rings. The Kier molecular flexibility index (Phi) is 2.98. The average Bonchev–Trinajstić information content (AvgIpc) is 3.16.